The van der Waals surface area contributed by atoms with Crippen molar-refractivity contribution < 1.29 is 0 Å². The fraction of sp³-hybridized carbons (Fsp3) is 0. The maximum absolute atomic E-state index is 4.61. The molecular formula is C18H15Cl3N6. The lowest BCUT2D eigenvalue weighted by Crippen LogP contribution is -2.00. The number of aromatic nitrogens is 6. The van der Waals surface area contributed by atoms with Gasteiger partial charge in [-0.25, -0.2) is 15.0 Å². The monoisotopic (exact) mass is 420 g/mol. The van der Waals surface area contributed by atoms with E-state index in [0.717, 1.165) is 16.7 Å². The van der Waals surface area contributed by atoms with Crippen LogP contribution in [0.25, 0.3) is 34.2 Å². The van der Waals surface area contributed by atoms with E-state index in [1.54, 1.807) is 37.2 Å². The summed E-state index contributed by atoms with van der Waals surface area (Å²) in [6, 6.07) is 11.3. The summed E-state index contributed by atoms with van der Waals surface area (Å²) in [6.07, 6.45) is 10.3. The summed E-state index contributed by atoms with van der Waals surface area (Å²) in [4.78, 5) is 26.0. The van der Waals surface area contributed by atoms with Gasteiger partial charge in [0.2, 0.25) is 0 Å². The van der Waals surface area contributed by atoms with Crippen LogP contribution < -0.4 is 0 Å². The molecule has 0 unspecified atom stereocenters. The summed E-state index contributed by atoms with van der Waals surface area (Å²) in [5, 5.41) is 0. The molecule has 0 radical (unpaired) electrons. The number of pyridine rings is 3. The first-order valence-corrected chi connectivity index (χ1v) is 7.37. The Hall–Kier alpha value is -2.67. The summed E-state index contributed by atoms with van der Waals surface area (Å²) in [5.74, 6) is 1.81. The molecule has 0 amide bonds. The molecule has 4 heterocycles. The molecule has 4 aromatic heterocycles. The van der Waals surface area contributed by atoms with Crippen LogP contribution in [0.3, 0.4) is 0 Å². The number of halogens is 3. The summed E-state index contributed by atoms with van der Waals surface area (Å²) in [6.45, 7) is 0. The third kappa shape index (κ3) is 5.17. The Bertz CT molecular complexity index is 817. The van der Waals surface area contributed by atoms with Crippen LogP contribution in [0.4, 0.5) is 0 Å². The van der Waals surface area contributed by atoms with Crippen LogP contribution in [0.15, 0.2) is 73.6 Å². The second kappa shape index (κ2) is 10.5. The molecule has 0 saturated heterocycles. The molecule has 4 aromatic rings. The van der Waals surface area contributed by atoms with E-state index in [2.05, 4.69) is 29.9 Å². The molecule has 0 bridgehead atoms. The molecular weight excluding hydrogens is 407 g/mol. The van der Waals surface area contributed by atoms with Gasteiger partial charge in [0.25, 0.3) is 0 Å². The maximum Gasteiger partial charge on any atom is 0.164 e. The molecule has 27 heavy (non-hydrogen) atoms. The molecule has 0 fully saturated rings. The normalized spacial score (nSPS) is 9.33. The van der Waals surface area contributed by atoms with Gasteiger partial charge in [0, 0.05) is 53.9 Å². The van der Waals surface area contributed by atoms with Gasteiger partial charge in [-0.15, -0.1) is 37.2 Å². The van der Waals surface area contributed by atoms with Crippen molar-refractivity contribution in [3.8, 4) is 34.2 Å². The van der Waals surface area contributed by atoms with Crippen LogP contribution in [-0.2, 0) is 0 Å². The minimum absolute atomic E-state index is 0. The molecule has 0 aromatic carbocycles. The molecule has 0 aliphatic heterocycles. The van der Waals surface area contributed by atoms with E-state index in [0.29, 0.717) is 17.5 Å². The van der Waals surface area contributed by atoms with E-state index in [-0.39, 0.29) is 37.2 Å². The molecule has 0 aliphatic rings. The van der Waals surface area contributed by atoms with Crippen molar-refractivity contribution in [3.05, 3.63) is 73.6 Å². The fourth-order valence-electron chi connectivity index (χ4n) is 2.27. The minimum Gasteiger partial charge on any atom is -0.265 e. The Morgan fingerprint density at radius 3 is 0.815 bits per heavy atom. The summed E-state index contributed by atoms with van der Waals surface area (Å²) >= 11 is 0. The third-order valence-electron chi connectivity index (χ3n) is 3.45. The van der Waals surface area contributed by atoms with Crippen LogP contribution in [-0.4, -0.2) is 29.9 Å². The molecule has 0 spiro atoms. The molecule has 6 nitrogen and oxygen atoms in total. The molecule has 138 valence electrons. The Morgan fingerprint density at radius 1 is 0.370 bits per heavy atom. The summed E-state index contributed by atoms with van der Waals surface area (Å²) < 4.78 is 0. The predicted octanol–water partition coefficient (Wildman–Crippen LogP) is 4.32. The van der Waals surface area contributed by atoms with E-state index in [9.17, 15) is 0 Å². The van der Waals surface area contributed by atoms with Crippen LogP contribution in [0, 0.1) is 0 Å². The highest BCUT2D eigenvalue weighted by Crippen LogP contribution is 2.23. The van der Waals surface area contributed by atoms with Crippen LogP contribution in [0.5, 0.6) is 0 Å². The van der Waals surface area contributed by atoms with Crippen LogP contribution >= 0.6 is 37.2 Å². The Kier molecular flexibility index (Phi) is 8.68. The fourth-order valence-corrected chi connectivity index (χ4v) is 2.27. The second-order valence-electron chi connectivity index (χ2n) is 5.01. The third-order valence-corrected chi connectivity index (χ3v) is 3.45. The SMILES string of the molecule is Cl.Cl.Cl.c1cc(-c2nc(-c3ccncc3)nc(-c3ccncc3)n2)ccn1. The van der Waals surface area contributed by atoms with Crippen molar-refractivity contribution in [2.45, 2.75) is 0 Å². The van der Waals surface area contributed by atoms with Crippen molar-refractivity contribution in [3.63, 3.8) is 0 Å². The van der Waals surface area contributed by atoms with E-state index in [1.807, 2.05) is 36.4 Å². The Labute approximate surface area is 174 Å². The molecule has 4 rings (SSSR count). The molecule has 0 atom stereocenters. The zero-order valence-corrected chi connectivity index (χ0v) is 16.3. The highest BCUT2D eigenvalue weighted by molar-refractivity contribution is 5.86. The lowest BCUT2D eigenvalue weighted by Gasteiger charge is -2.07. The quantitative estimate of drug-likeness (QED) is 0.490. The largest absolute Gasteiger partial charge is 0.265 e. The number of hydrogen-bond acceptors (Lipinski definition) is 6. The first-order chi connectivity index (χ1) is 11.9. The number of hydrogen-bond donors (Lipinski definition) is 0. The Morgan fingerprint density at radius 2 is 0.593 bits per heavy atom. The zero-order valence-electron chi connectivity index (χ0n) is 13.8. The average molecular weight is 422 g/mol. The molecule has 9 heteroatoms. The van der Waals surface area contributed by atoms with Crippen LogP contribution in [0.2, 0.25) is 0 Å². The van der Waals surface area contributed by atoms with E-state index < -0.39 is 0 Å². The van der Waals surface area contributed by atoms with Gasteiger partial charge < -0.3 is 0 Å². The van der Waals surface area contributed by atoms with Crippen molar-refractivity contribution in [1.82, 2.24) is 29.9 Å². The van der Waals surface area contributed by atoms with Gasteiger partial charge in [-0.1, -0.05) is 0 Å². The lowest BCUT2D eigenvalue weighted by molar-refractivity contribution is 1.07. The molecule has 0 N–H and O–H groups in total. The highest BCUT2D eigenvalue weighted by atomic mass is 35.5. The predicted molar refractivity (Wildman–Crippen MR) is 111 cm³/mol. The average Bonchev–Trinajstić information content (AvgIpc) is 2.70. The van der Waals surface area contributed by atoms with E-state index >= 15 is 0 Å². The van der Waals surface area contributed by atoms with Crippen molar-refractivity contribution in [1.29, 1.82) is 0 Å². The van der Waals surface area contributed by atoms with Crippen molar-refractivity contribution >= 4 is 37.2 Å². The maximum atomic E-state index is 4.61. The first kappa shape index (κ1) is 22.4. The second-order valence-corrected chi connectivity index (χ2v) is 5.01. The topological polar surface area (TPSA) is 77.3 Å². The van der Waals surface area contributed by atoms with Crippen molar-refractivity contribution in [2.75, 3.05) is 0 Å². The van der Waals surface area contributed by atoms with Gasteiger partial charge in [0.1, 0.15) is 0 Å². The minimum atomic E-state index is 0. The Balaban J connectivity index is 0.00000121. The van der Waals surface area contributed by atoms with Gasteiger partial charge in [0.15, 0.2) is 17.5 Å². The first-order valence-electron chi connectivity index (χ1n) is 7.37. The number of nitrogens with zero attached hydrogens (tertiary/aromatic N) is 6. The van der Waals surface area contributed by atoms with E-state index in [4.69, 9.17) is 0 Å². The highest BCUT2D eigenvalue weighted by Gasteiger charge is 2.11. The van der Waals surface area contributed by atoms with E-state index in [1.165, 1.54) is 0 Å². The summed E-state index contributed by atoms with van der Waals surface area (Å²) in [5.41, 5.74) is 2.66. The van der Waals surface area contributed by atoms with Gasteiger partial charge in [-0.2, -0.15) is 0 Å². The van der Waals surface area contributed by atoms with Gasteiger partial charge in [0.05, 0.1) is 0 Å². The molecule has 0 saturated carbocycles. The van der Waals surface area contributed by atoms with Gasteiger partial charge in [-0.3, -0.25) is 15.0 Å². The standard InChI is InChI=1S/C18H12N6.3ClH/c1-7-19-8-2-13(1)16-22-17(14-3-9-20-10-4-14)24-18(23-16)15-5-11-21-12-6-15;;;/h1-12H;3*1H. The number of rotatable bonds is 3. The molecule has 0 aliphatic carbocycles. The van der Waals surface area contributed by atoms with Crippen LogP contribution in [0.1, 0.15) is 0 Å². The lowest BCUT2D eigenvalue weighted by atomic mass is 10.2. The van der Waals surface area contributed by atoms with Gasteiger partial charge >= 0.3 is 0 Å². The summed E-state index contributed by atoms with van der Waals surface area (Å²) in [7, 11) is 0. The zero-order chi connectivity index (χ0) is 16.2. The smallest absolute Gasteiger partial charge is 0.164 e. The van der Waals surface area contributed by atoms with Gasteiger partial charge in [-0.05, 0) is 36.4 Å². The van der Waals surface area contributed by atoms with Crippen molar-refractivity contribution in [2.24, 2.45) is 0 Å².